The van der Waals surface area contributed by atoms with Gasteiger partial charge in [0.25, 0.3) is 0 Å². The minimum atomic E-state index is -0.386. The molecule has 92 valence electrons. The van der Waals surface area contributed by atoms with Crippen LogP contribution in [-0.2, 0) is 14.3 Å². The van der Waals surface area contributed by atoms with Gasteiger partial charge < -0.3 is 4.74 Å². The summed E-state index contributed by atoms with van der Waals surface area (Å²) in [7, 11) is 0. The van der Waals surface area contributed by atoms with Crippen molar-refractivity contribution in [1.82, 2.24) is 0 Å². The van der Waals surface area contributed by atoms with Crippen molar-refractivity contribution in [3.63, 3.8) is 0 Å². The number of esters is 1. The first kappa shape index (κ1) is 11.0. The number of rotatable bonds is 2. The van der Waals surface area contributed by atoms with Crippen LogP contribution >= 0.6 is 0 Å². The van der Waals surface area contributed by atoms with Gasteiger partial charge in [0.15, 0.2) is 0 Å². The Kier molecular flexibility index (Phi) is 2.39. The molecule has 17 heavy (non-hydrogen) atoms. The predicted molar refractivity (Wildman–Crippen MR) is 62.1 cm³/mol. The summed E-state index contributed by atoms with van der Waals surface area (Å²) in [6.45, 7) is 5.62. The minimum absolute atomic E-state index is 0.0300. The number of ether oxygens (including phenoxy) is 1. The number of hydrogen-bond acceptors (Lipinski definition) is 3. The van der Waals surface area contributed by atoms with E-state index >= 15 is 0 Å². The molecule has 4 saturated carbocycles. The molecular weight excluding hydrogens is 216 g/mol. The summed E-state index contributed by atoms with van der Waals surface area (Å²) < 4.78 is 5.40. The van der Waals surface area contributed by atoms with Crippen LogP contribution in [0.5, 0.6) is 0 Å². The summed E-state index contributed by atoms with van der Waals surface area (Å²) in [4.78, 5) is 23.6. The Morgan fingerprint density at radius 3 is 2.71 bits per heavy atom. The molecule has 6 unspecified atom stereocenters. The molecule has 0 amide bonds. The molecule has 0 N–H and O–H groups in total. The summed E-state index contributed by atoms with van der Waals surface area (Å²) in [6.07, 6.45) is 3.98. The highest BCUT2D eigenvalue weighted by molar-refractivity contribution is 5.87. The summed E-state index contributed by atoms with van der Waals surface area (Å²) in [5.41, 5.74) is 0. The molecule has 0 heterocycles. The first-order valence-electron chi connectivity index (χ1n) is 6.48. The highest BCUT2D eigenvalue weighted by Gasteiger charge is 2.57. The van der Waals surface area contributed by atoms with Gasteiger partial charge in [-0.15, -0.1) is 0 Å². The van der Waals surface area contributed by atoms with Crippen molar-refractivity contribution < 1.29 is 14.3 Å². The topological polar surface area (TPSA) is 43.4 Å². The SMILES string of the molecule is C=CC(=O)OC1C2CC3CC1C(=O)C(C2)C3C. The van der Waals surface area contributed by atoms with E-state index in [2.05, 4.69) is 13.5 Å². The van der Waals surface area contributed by atoms with Crippen molar-refractivity contribution in [2.75, 3.05) is 0 Å². The van der Waals surface area contributed by atoms with Gasteiger partial charge in [0.05, 0.1) is 5.92 Å². The molecule has 0 aliphatic heterocycles. The fourth-order valence-corrected chi connectivity index (χ4v) is 4.23. The Morgan fingerprint density at radius 1 is 1.29 bits per heavy atom. The van der Waals surface area contributed by atoms with E-state index in [4.69, 9.17) is 4.74 Å². The normalized spacial score (nSPS) is 47.0. The van der Waals surface area contributed by atoms with Crippen LogP contribution in [0, 0.1) is 29.6 Å². The van der Waals surface area contributed by atoms with E-state index in [1.165, 1.54) is 6.08 Å². The van der Waals surface area contributed by atoms with Crippen molar-refractivity contribution in [2.24, 2.45) is 29.6 Å². The quantitative estimate of drug-likeness (QED) is 0.542. The predicted octanol–water partition coefficient (Wildman–Crippen LogP) is 1.97. The van der Waals surface area contributed by atoms with Crippen LogP contribution in [0.2, 0.25) is 0 Å². The molecule has 0 radical (unpaired) electrons. The molecule has 3 heteroatoms. The second-order valence-electron chi connectivity index (χ2n) is 5.81. The van der Waals surface area contributed by atoms with Gasteiger partial charge in [-0.25, -0.2) is 4.79 Å². The molecule has 4 aliphatic carbocycles. The number of ketones is 1. The van der Waals surface area contributed by atoms with Gasteiger partial charge in [0.1, 0.15) is 11.9 Å². The first-order chi connectivity index (χ1) is 8.11. The minimum Gasteiger partial charge on any atom is -0.458 e. The summed E-state index contributed by atoms with van der Waals surface area (Å²) in [5, 5.41) is 0. The maximum atomic E-state index is 12.2. The zero-order chi connectivity index (χ0) is 12.2. The van der Waals surface area contributed by atoms with Crippen molar-refractivity contribution >= 4 is 11.8 Å². The lowest BCUT2D eigenvalue weighted by molar-refractivity contribution is -0.177. The molecular formula is C14H18O3. The fraction of sp³-hybridized carbons (Fsp3) is 0.714. The van der Waals surface area contributed by atoms with E-state index in [-0.39, 0.29) is 23.9 Å². The van der Waals surface area contributed by atoms with Crippen molar-refractivity contribution in [2.45, 2.75) is 32.3 Å². The van der Waals surface area contributed by atoms with Crippen LogP contribution in [0.15, 0.2) is 12.7 Å². The number of carbonyl (C=O) groups excluding carboxylic acids is 2. The van der Waals surface area contributed by atoms with Crippen LogP contribution in [0.25, 0.3) is 0 Å². The molecule has 0 spiro atoms. The molecule has 6 atom stereocenters. The average molecular weight is 234 g/mol. The molecule has 0 saturated heterocycles. The van der Waals surface area contributed by atoms with E-state index in [1.54, 1.807) is 0 Å². The molecule has 0 aromatic heterocycles. The van der Waals surface area contributed by atoms with Gasteiger partial charge in [0.2, 0.25) is 0 Å². The lowest BCUT2D eigenvalue weighted by Gasteiger charge is -2.55. The molecule has 3 nitrogen and oxygen atoms in total. The van der Waals surface area contributed by atoms with E-state index in [0.29, 0.717) is 23.5 Å². The first-order valence-corrected chi connectivity index (χ1v) is 6.48. The van der Waals surface area contributed by atoms with Crippen LogP contribution in [0.1, 0.15) is 26.2 Å². The molecule has 4 aliphatic rings. The Hall–Kier alpha value is -1.12. The zero-order valence-electron chi connectivity index (χ0n) is 10.1. The van der Waals surface area contributed by atoms with Gasteiger partial charge in [-0.3, -0.25) is 4.79 Å². The third kappa shape index (κ3) is 1.48. The third-order valence-corrected chi connectivity index (χ3v) is 5.11. The molecule has 0 aromatic carbocycles. The van der Waals surface area contributed by atoms with E-state index in [1.807, 2.05) is 0 Å². The maximum absolute atomic E-state index is 12.2. The largest absolute Gasteiger partial charge is 0.458 e. The highest BCUT2D eigenvalue weighted by Crippen LogP contribution is 2.55. The highest BCUT2D eigenvalue weighted by atomic mass is 16.5. The molecule has 0 aromatic rings. The number of carbonyl (C=O) groups is 2. The van der Waals surface area contributed by atoms with Gasteiger partial charge in [-0.05, 0) is 37.0 Å². The van der Waals surface area contributed by atoms with Crippen molar-refractivity contribution in [3.8, 4) is 0 Å². The summed E-state index contributed by atoms with van der Waals surface area (Å²) >= 11 is 0. The van der Waals surface area contributed by atoms with Crippen molar-refractivity contribution in [3.05, 3.63) is 12.7 Å². The van der Waals surface area contributed by atoms with E-state index in [9.17, 15) is 9.59 Å². The Bertz CT molecular complexity index is 387. The lowest BCUT2D eigenvalue weighted by atomic mass is 9.50. The second-order valence-corrected chi connectivity index (χ2v) is 5.81. The summed E-state index contributed by atoms with van der Waals surface area (Å²) in [6, 6.07) is 0. The standard InChI is InChI=1S/C14H18O3/c1-3-12(15)17-14-9-4-8-5-11(14)13(16)10(6-9)7(8)2/h3,7-11,14H,1,4-6H2,2H3. The maximum Gasteiger partial charge on any atom is 0.330 e. The van der Waals surface area contributed by atoms with Crippen LogP contribution in [-0.4, -0.2) is 17.9 Å². The van der Waals surface area contributed by atoms with Gasteiger partial charge in [-0.1, -0.05) is 13.5 Å². The third-order valence-electron chi connectivity index (χ3n) is 5.11. The second kappa shape index (κ2) is 3.69. The van der Waals surface area contributed by atoms with Crippen LogP contribution in [0.4, 0.5) is 0 Å². The van der Waals surface area contributed by atoms with Gasteiger partial charge >= 0.3 is 5.97 Å². The lowest BCUT2D eigenvalue weighted by Crippen LogP contribution is -2.58. The zero-order valence-corrected chi connectivity index (χ0v) is 10.1. The van der Waals surface area contributed by atoms with E-state index in [0.717, 1.165) is 19.3 Å². The number of hydrogen-bond donors (Lipinski definition) is 0. The van der Waals surface area contributed by atoms with Crippen molar-refractivity contribution in [1.29, 1.82) is 0 Å². The monoisotopic (exact) mass is 234 g/mol. The van der Waals surface area contributed by atoms with Gasteiger partial charge in [-0.2, -0.15) is 0 Å². The molecule has 4 rings (SSSR count). The average Bonchev–Trinajstić information content (AvgIpc) is 2.32. The Balaban J connectivity index is 1.84. The molecule has 4 bridgehead atoms. The molecule has 4 fully saturated rings. The van der Waals surface area contributed by atoms with Crippen LogP contribution in [0.3, 0.4) is 0 Å². The van der Waals surface area contributed by atoms with E-state index < -0.39 is 0 Å². The Labute approximate surface area is 101 Å². The number of Topliss-reactive ketones (excluding diaryl/α,β-unsaturated/α-hetero) is 1. The fourth-order valence-electron chi connectivity index (χ4n) is 4.23. The Morgan fingerprint density at radius 2 is 2.00 bits per heavy atom. The van der Waals surface area contributed by atoms with Crippen LogP contribution < -0.4 is 0 Å². The summed E-state index contributed by atoms with van der Waals surface area (Å²) in [5.74, 6) is 1.76. The van der Waals surface area contributed by atoms with Gasteiger partial charge in [0, 0.05) is 12.0 Å². The smallest absolute Gasteiger partial charge is 0.330 e.